The number of fused-ring (bicyclic) bond motifs is 4. The van der Waals surface area contributed by atoms with E-state index in [2.05, 4.69) is 181 Å². The molecule has 0 amide bonds. The fourth-order valence-electron chi connectivity index (χ4n) is 8.66. The van der Waals surface area contributed by atoms with E-state index < -0.39 is 5.41 Å². The zero-order chi connectivity index (χ0) is 38.5. The van der Waals surface area contributed by atoms with Gasteiger partial charge in [0.05, 0.1) is 5.41 Å². The lowest BCUT2D eigenvalue weighted by Crippen LogP contribution is -2.34. The molecule has 272 valence electrons. The molecule has 2 aromatic heterocycles. The topological polar surface area (TPSA) is 51.6 Å². The van der Waals surface area contributed by atoms with Gasteiger partial charge >= 0.3 is 0 Å². The lowest BCUT2D eigenvalue weighted by atomic mass is 9.64. The Labute approximate surface area is 341 Å². The molecule has 4 nitrogen and oxygen atoms in total. The van der Waals surface area contributed by atoms with Gasteiger partial charge in [0.15, 0.2) is 17.5 Å². The number of pyridine rings is 1. The summed E-state index contributed by atoms with van der Waals surface area (Å²) in [5.74, 6) is 1.92. The quantitative estimate of drug-likeness (QED) is 0.169. The van der Waals surface area contributed by atoms with Gasteiger partial charge in [0.2, 0.25) is 0 Å². The molecule has 1 aliphatic rings. The zero-order valence-corrected chi connectivity index (χ0v) is 32.1. The van der Waals surface area contributed by atoms with Gasteiger partial charge in [-0.15, -0.1) is 0 Å². The predicted molar refractivity (Wildman–Crippen MR) is 237 cm³/mol. The van der Waals surface area contributed by atoms with Gasteiger partial charge in [0.25, 0.3) is 0 Å². The molecule has 0 bridgehead atoms. The van der Waals surface area contributed by atoms with Gasteiger partial charge in [-0.05, 0) is 56.1 Å². The zero-order valence-electron chi connectivity index (χ0n) is 31.3. The minimum atomic E-state index is -0.588. The molecule has 5 heteroatoms. The van der Waals surface area contributed by atoms with Crippen LogP contribution in [0.1, 0.15) is 22.3 Å². The van der Waals surface area contributed by atoms with Gasteiger partial charge in [-0.1, -0.05) is 194 Å². The second kappa shape index (κ2) is 14.1. The first kappa shape index (κ1) is 34.1. The van der Waals surface area contributed by atoms with Crippen molar-refractivity contribution in [1.29, 1.82) is 0 Å². The van der Waals surface area contributed by atoms with Crippen LogP contribution in [0.15, 0.2) is 216 Å². The first-order valence-electron chi connectivity index (χ1n) is 19.5. The Morgan fingerprint density at radius 2 is 0.845 bits per heavy atom. The molecule has 11 rings (SSSR count). The van der Waals surface area contributed by atoms with Crippen LogP contribution in [0.4, 0.5) is 0 Å². The molecular weight excluding hydrogens is 725 g/mol. The van der Waals surface area contributed by atoms with E-state index in [1.165, 1.54) is 37.4 Å². The molecule has 0 radical (unpaired) electrons. The fourth-order valence-corrected chi connectivity index (χ4v) is 9.85. The van der Waals surface area contributed by atoms with Crippen LogP contribution in [-0.2, 0) is 5.41 Å². The second-order valence-electron chi connectivity index (χ2n) is 14.6. The highest BCUT2D eigenvalue weighted by Crippen LogP contribution is 2.56. The summed E-state index contributed by atoms with van der Waals surface area (Å²) in [6.07, 6.45) is 3.91. The molecule has 10 aromatic rings. The Morgan fingerprint density at radius 3 is 1.52 bits per heavy atom. The van der Waals surface area contributed by atoms with E-state index in [0.717, 1.165) is 44.0 Å². The van der Waals surface area contributed by atoms with E-state index in [1.807, 2.05) is 42.4 Å². The number of aromatic nitrogens is 4. The van der Waals surface area contributed by atoms with Crippen LogP contribution in [0.25, 0.3) is 66.8 Å². The maximum Gasteiger partial charge on any atom is 0.164 e. The highest BCUT2D eigenvalue weighted by molar-refractivity contribution is 7.99. The first-order chi connectivity index (χ1) is 28.7. The Balaban J connectivity index is 1.09. The van der Waals surface area contributed by atoms with Crippen molar-refractivity contribution in [3.8, 4) is 45.3 Å². The highest BCUT2D eigenvalue weighted by Gasteiger charge is 2.44. The number of nitrogens with zero attached hydrogens (tertiary/aromatic N) is 4. The van der Waals surface area contributed by atoms with E-state index in [1.54, 1.807) is 0 Å². The van der Waals surface area contributed by atoms with Crippen molar-refractivity contribution >= 4 is 33.3 Å². The van der Waals surface area contributed by atoms with Crippen molar-refractivity contribution in [1.82, 2.24) is 19.9 Å². The Hall–Kier alpha value is -7.21. The number of hydrogen-bond acceptors (Lipinski definition) is 5. The summed E-state index contributed by atoms with van der Waals surface area (Å²) in [6, 6.07) is 69.0. The van der Waals surface area contributed by atoms with Crippen LogP contribution in [0, 0.1) is 0 Å². The van der Waals surface area contributed by atoms with Crippen LogP contribution < -0.4 is 0 Å². The van der Waals surface area contributed by atoms with Gasteiger partial charge in [-0.25, -0.2) is 15.0 Å². The molecule has 0 fully saturated rings. The van der Waals surface area contributed by atoms with Gasteiger partial charge < -0.3 is 0 Å². The normalized spacial score (nSPS) is 12.9. The third-order valence-electron chi connectivity index (χ3n) is 11.4. The maximum atomic E-state index is 5.17. The number of hydrogen-bond donors (Lipinski definition) is 0. The Morgan fingerprint density at radius 1 is 0.345 bits per heavy atom. The predicted octanol–water partition coefficient (Wildman–Crippen LogP) is 13.1. The summed E-state index contributed by atoms with van der Waals surface area (Å²) in [6.45, 7) is 0. The van der Waals surface area contributed by atoms with E-state index in [4.69, 9.17) is 15.0 Å². The summed E-state index contributed by atoms with van der Waals surface area (Å²) in [7, 11) is 0. The average Bonchev–Trinajstić information content (AvgIpc) is 3.30. The average molecular weight is 759 g/mol. The first-order valence-corrected chi connectivity index (χ1v) is 20.3. The van der Waals surface area contributed by atoms with Crippen molar-refractivity contribution in [2.45, 2.75) is 15.2 Å². The highest BCUT2D eigenvalue weighted by atomic mass is 32.2. The summed E-state index contributed by atoms with van der Waals surface area (Å²) in [4.78, 5) is 22.4. The summed E-state index contributed by atoms with van der Waals surface area (Å²) in [5.41, 5.74) is 9.40. The second-order valence-corrected chi connectivity index (χ2v) is 15.7. The molecule has 58 heavy (non-hydrogen) atoms. The summed E-state index contributed by atoms with van der Waals surface area (Å²) < 4.78 is 0. The summed E-state index contributed by atoms with van der Waals surface area (Å²) in [5, 5.41) is 4.57. The molecule has 3 heterocycles. The molecule has 0 atom stereocenters. The lowest BCUT2D eigenvalue weighted by Gasteiger charge is -2.42. The Kier molecular flexibility index (Phi) is 8.26. The molecule has 0 saturated carbocycles. The number of rotatable bonds is 6. The summed E-state index contributed by atoms with van der Waals surface area (Å²) >= 11 is 1.84. The molecule has 8 aromatic carbocycles. The fraction of sp³-hybridized carbons (Fsp3) is 0.0189. The molecule has 0 saturated heterocycles. The van der Waals surface area contributed by atoms with Crippen molar-refractivity contribution in [2.75, 3.05) is 0 Å². The van der Waals surface area contributed by atoms with Crippen LogP contribution in [-0.4, -0.2) is 19.9 Å². The maximum absolute atomic E-state index is 5.17. The minimum Gasteiger partial charge on any atom is -0.263 e. The van der Waals surface area contributed by atoms with Crippen LogP contribution >= 0.6 is 11.8 Å². The van der Waals surface area contributed by atoms with Crippen LogP contribution in [0.3, 0.4) is 0 Å². The van der Waals surface area contributed by atoms with Crippen LogP contribution in [0.2, 0.25) is 0 Å². The van der Waals surface area contributed by atoms with Gasteiger partial charge in [0.1, 0.15) is 0 Å². The van der Waals surface area contributed by atoms with Crippen molar-refractivity contribution in [3.63, 3.8) is 0 Å². The van der Waals surface area contributed by atoms with E-state index in [9.17, 15) is 0 Å². The minimum absolute atomic E-state index is 0.588. The molecule has 0 unspecified atom stereocenters. The third kappa shape index (κ3) is 5.62. The van der Waals surface area contributed by atoms with E-state index in [0.29, 0.717) is 17.5 Å². The van der Waals surface area contributed by atoms with Gasteiger partial charge in [-0.3, -0.25) is 4.98 Å². The van der Waals surface area contributed by atoms with Crippen molar-refractivity contribution in [3.05, 3.63) is 229 Å². The van der Waals surface area contributed by atoms with E-state index in [-0.39, 0.29) is 0 Å². The molecule has 1 aliphatic heterocycles. The molecular formula is C53H34N4S. The molecule has 0 spiro atoms. The largest absolute Gasteiger partial charge is 0.263 e. The van der Waals surface area contributed by atoms with E-state index >= 15 is 0 Å². The van der Waals surface area contributed by atoms with Crippen molar-refractivity contribution in [2.24, 2.45) is 0 Å². The SMILES string of the molecule is c1ccc(-c2nc(-c3ccc(C4(c5ccc(-c6cncc7ccccc67)cc5)c5ccccc5Sc5ccccc54)cc3)nc(-c3cccc4ccccc34)n2)cc1. The smallest absolute Gasteiger partial charge is 0.164 e. The Bertz CT molecular complexity index is 3090. The molecule has 0 aliphatic carbocycles. The van der Waals surface area contributed by atoms with Crippen LogP contribution in [0.5, 0.6) is 0 Å². The van der Waals surface area contributed by atoms with Gasteiger partial charge in [0, 0.05) is 49.8 Å². The third-order valence-corrected chi connectivity index (χ3v) is 12.5. The van der Waals surface area contributed by atoms with Crippen molar-refractivity contribution < 1.29 is 0 Å². The number of benzene rings is 8. The lowest BCUT2D eigenvalue weighted by molar-refractivity contribution is 0.703. The standard InChI is InChI=1S/C53H34N4S/c1-2-14-37(15-3-1)50-55-51(57-52(56-50)44-20-12-17-35-13-4-6-18-42(35)44)38-27-31-41(32-28-38)53(46-21-8-10-23-48(46)58-49-24-11-9-22-47(49)53)40-29-25-36(26-30-40)45-34-54-33-39-16-5-7-19-43(39)45/h1-34H. The monoisotopic (exact) mass is 758 g/mol. The van der Waals surface area contributed by atoms with Gasteiger partial charge in [-0.2, -0.15) is 0 Å². The molecule has 0 N–H and O–H groups in total.